The molecule has 4 heterocycles. The van der Waals surface area contributed by atoms with Crippen LogP contribution >= 0.6 is 0 Å². The van der Waals surface area contributed by atoms with Crippen molar-refractivity contribution in [3.8, 4) is 34.1 Å². The summed E-state index contributed by atoms with van der Waals surface area (Å²) in [4.78, 5) is 4.75. The van der Waals surface area contributed by atoms with Crippen LogP contribution in [-0.4, -0.2) is 32.7 Å². The quantitative estimate of drug-likeness (QED) is 0.785. The third kappa shape index (κ3) is 1.82. The lowest BCUT2D eigenvalue weighted by molar-refractivity contribution is 0.174. The average Bonchev–Trinajstić information content (AvgIpc) is 3.29. The molecule has 1 N–H and O–H groups in total. The van der Waals surface area contributed by atoms with Crippen molar-refractivity contribution in [2.45, 2.75) is 6.54 Å². The summed E-state index contributed by atoms with van der Waals surface area (Å²) in [5.41, 5.74) is 3.86. The minimum atomic E-state index is 0.276. The van der Waals surface area contributed by atoms with Crippen molar-refractivity contribution < 1.29 is 9.47 Å². The van der Waals surface area contributed by atoms with Crippen LogP contribution in [0.1, 0.15) is 0 Å². The van der Waals surface area contributed by atoms with E-state index >= 15 is 0 Å². The Morgan fingerprint density at radius 2 is 2.09 bits per heavy atom. The van der Waals surface area contributed by atoms with Crippen molar-refractivity contribution in [1.82, 2.24) is 19.3 Å². The Balaban J connectivity index is 1.72. The molecular weight excluding hydrogens is 294 g/mol. The van der Waals surface area contributed by atoms with E-state index in [9.17, 15) is 0 Å². The van der Waals surface area contributed by atoms with Crippen molar-refractivity contribution in [1.29, 1.82) is 0 Å². The van der Waals surface area contributed by atoms with Gasteiger partial charge in [-0.3, -0.25) is 4.68 Å². The van der Waals surface area contributed by atoms with Gasteiger partial charge in [0.25, 0.3) is 0 Å². The van der Waals surface area contributed by atoms with Crippen LogP contribution in [0.5, 0.6) is 11.5 Å². The molecule has 116 valence electrons. The van der Waals surface area contributed by atoms with Crippen LogP contribution in [0.2, 0.25) is 0 Å². The Labute approximate surface area is 132 Å². The van der Waals surface area contributed by atoms with E-state index in [0.717, 1.165) is 53.2 Å². The summed E-state index contributed by atoms with van der Waals surface area (Å²) in [5.74, 6) is 2.45. The van der Waals surface area contributed by atoms with Gasteiger partial charge in [-0.2, -0.15) is 5.10 Å². The SMILES string of the molecule is Cn1ccc(-c2nc3n(c2-c2ccc4c(c2)OCO4)CCN3)n1. The third-order valence-electron chi connectivity index (χ3n) is 4.19. The van der Waals surface area contributed by atoms with Crippen LogP contribution in [0.3, 0.4) is 0 Å². The second-order valence-electron chi connectivity index (χ2n) is 5.65. The maximum Gasteiger partial charge on any atom is 0.231 e. The normalized spacial score (nSPS) is 14.8. The topological polar surface area (TPSA) is 66.1 Å². The molecule has 5 rings (SSSR count). The number of ether oxygens (including phenoxy) is 2. The van der Waals surface area contributed by atoms with Crippen LogP contribution in [0, 0.1) is 0 Å². The molecule has 0 bridgehead atoms. The number of nitrogens with zero attached hydrogens (tertiary/aromatic N) is 4. The van der Waals surface area contributed by atoms with Crippen LogP contribution in [0.4, 0.5) is 5.95 Å². The summed E-state index contributed by atoms with van der Waals surface area (Å²) < 4.78 is 14.9. The molecule has 0 aliphatic carbocycles. The zero-order chi connectivity index (χ0) is 15.4. The number of hydrogen-bond acceptors (Lipinski definition) is 5. The summed E-state index contributed by atoms with van der Waals surface area (Å²) in [5, 5.41) is 7.83. The molecular formula is C16H15N5O2. The van der Waals surface area contributed by atoms with Crippen molar-refractivity contribution in [3.63, 3.8) is 0 Å². The molecule has 0 atom stereocenters. The van der Waals surface area contributed by atoms with Gasteiger partial charge in [0.05, 0.1) is 5.69 Å². The number of fused-ring (bicyclic) bond motifs is 2. The van der Waals surface area contributed by atoms with Crippen molar-refractivity contribution in [2.24, 2.45) is 7.05 Å². The minimum Gasteiger partial charge on any atom is -0.454 e. The predicted molar refractivity (Wildman–Crippen MR) is 84.5 cm³/mol. The zero-order valence-electron chi connectivity index (χ0n) is 12.6. The summed E-state index contributed by atoms with van der Waals surface area (Å²) in [7, 11) is 1.91. The Kier molecular flexibility index (Phi) is 2.47. The Hall–Kier alpha value is -2.96. The molecule has 2 aliphatic heterocycles. The molecule has 0 spiro atoms. The van der Waals surface area contributed by atoms with E-state index in [0.29, 0.717) is 0 Å². The number of hydrogen-bond donors (Lipinski definition) is 1. The van der Waals surface area contributed by atoms with Gasteiger partial charge >= 0.3 is 0 Å². The highest BCUT2D eigenvalue weighted by Crippen LogP contribution is 2.40. The maximum absolute atomic E-state index is 5.52. The Morgan fingerprint density at radius 1 is 1.17 bits per heavy atom. The molecule has 3 aromatic rings. The molecule has 0 unspecified atom stereocenters. The summed E-state index contributed by atoms with van der Waals surface area (Å²) in [6.45, 7) is 2.05. The first-order valence-electron chi connectivity index (χ1n) is 7.54. The van der Waals surface area contributed by atoms with Gasteiger partial charge in [0.2, 0.25) is 12.7 Å². The molecule has 2 aliphatic rings. The van der Waals surface area contributed by atoms with Gasteiger partial charge in [-0.05, 0) is 24.3 Å². The van der Waals surface area contributed by atoms with Crippen molar-refractivity contribution >= 4 is 5.95 Å². The van der Waals surface area contributed by atoms with E-state index in [1.807, 2.05) is 37.5 Å². The lowest BCUT2D eigenvalue weighted by Gasteiger charge is -2.07. The monoisotopic (exact) mass is 309 g/mol. The summed E-state index contributed by atoms with van der Waals surface area (Å²) >= 11 is 0. The van der Waals surface area contributed by atoms with Gasteiger partial charge in [-0.25, -0.2) is 4.98 Å². The fourth-order valence-electron chi connectivity index (χ4n) is 3.14. The maximum atomic E-state index is 5.52. The second kappa shape index (κ2) is 4.52. The van der Waals surface area contributed by atoms with Crippen LogP contribution < -0.4 is 14.8 Å². The van der Waals surface area contributed by atoms with E-state index in [2.05, 4.69) is 15.0 Å². The molecule has 0 saturated heterocycles. The molecule has 0 amide bonds. The number of benzene rings is 1. The van der Waals surface area contributed by atoms with E-state index in [1.165, 1.54) is 0 Å². The molecule has 0 saturated carbocycles. The molecule has 7 heteroatoms. The van der Waals surface area contributed by atoms with Gasteiger partial charge in [0.1, 0.15) is 11.4 Å². The number of imidazole rings is 1. The molecule has 0 radical (unpaired) electrons. The lowest BCUT2D eigenvalue weighted by Crippen LogP contribution is -1.99. The van der Waals surface area contributed by atoms with Gasteiger partial charge in [0, 0.05) is 31.9 Å². The lowest BCUT2D eigenvalue weighted by atomic mass is 10.1. The molecule has 7 nitrogen and oxygen atoms in total. The fraction of sp³-hybridized carbons (Fsp3) is 0.250. The first-order chi connectivity index (χ1) is 11.3. The third-order valence-corrected chi connectivity index (χ3v) is 4.19. The number of aromatic nitrogens is 4. The molecule has 2 aromatic heterocycles. The highest BCUT2D eigenvalue weighted by atomic mass is 16.7. The van der Waals surface area contributed by atoms with E-state index < -0.39 is 0 Å². The van der Waals surface area contributed by atoms with Gasteiger partial charge in [0.15, 0.2) is 11.5 Å². The number of anilines is 1. The van der Waals surface area contributed by atoms with Crippen LogP contribution in [-0.2, 0) is 13.6 Å². The van der Waals surface area contributed by atoms with Gasteiger partial charge < -0.3 is 19.4 Å². The first kappa shape index (κ1) is 12.6. The van der Waals surface area contributed by atoms with Crippen LogP contribution in [0.25, 0.3) is 22.6 Å². The van der Waals surface area contributed by atoms with E-state index in [1.54, 1.807) is 4.68 Å². The van der Waals surface area contributed by atoms with Gasteiger partial charge in [-0.1, -0.05) is 0 Å². The average molecular weight is 309 g/mol. The molecule has 23 heavy (non-hydrogen) atoms. The van der Waals surface area contributed by atoms with Gasteiger partial charge in [-0.15, -0.1) is 0 Å². The second-order valence-corrected chi connectivity index (χ2v) is 5.65. The standard InChI is InChI=1S/C16H15N5O2/c1-20-6-4-11(19-20)14-15(21-7-5-17-16(21)18-14)10-2-3-12-13(8-10)23-9-22-12/h2-4,6,8H,5,7,9H2,1H3,(H,17,18). The van der Waals surface area contributed by atoms with E-state index in [-0.39, 0.29) is 6.79 Å². The zero-order valence-corrected chi connectivity index (χ0v) is 12.6. The number of aryl methyl sites for hydroxylation is 1. The van der Waals surface area contributed by atoms with Crippen molar-refractivity contribution in [2.75, 3.05) is 18.7 Å². The fourth-order valence-corrected chi connectivity index (χ4v) is 3.14. The smallest absolute Gasteiger partial charge is 0.231 e. The molecule has 1 aromatic carbocycles. The summed E-state index contributed by atoms with van der Waals surface area (Å²) in [6.07, 6.45) is 1.93. The Morgan fingerprint density at radius 3 is 2.96 bits per heavy atom. The number of rotatable bonds is 2. The first-order valence-corrected chi connectivity index (χ1v) is 7.54. The van der Waals surface area contributed by atoms with Crippen molar-refractivity contribution in [3.05, 3.63) is 30.5 Å². The molecule has 0 fully saturated rings. The summed E-state index contributed by atoms with van der Waals surface area (Å²) in [6, 6.07) is 7.98. The largest absolute Gasteiger partial charge is 0.454 e. The number of nitrogens with one attached hydrogen (secondary N) is 1. The van der Waals surface area contributed by atoms with E-state index in [4.69, 9.17) is 14.5 Å². The highest BCUT2D eigenvalue weighted by molar-refractivity contribution is 5.80. The minimum absolute atomic E-state index is 0.276. The highest BCUT2D eigenvalue weighted by Gasteiger charge is 2.25. The van der Waals surface area contributed by atoms with Crippen LogP contribution in [0.15, 0.2) is 30.5 Å². The Bertz CT molecular complexity index is 911. The predicted octanol–water partition coefficient (Wildman–Crippen LogP) is 2.10.